The zero-order chi connectivity index (χ0) is 9.68. The highest BCUT2D eigenvalue weighted by atomic mass is 32.1. The number of ketones is 1. The van der Waals surface area contributed by atoms with Crippen LogP contribution in [0.25, 0.3) is 0 Å². The lowest BCUT2D eigenvalue weighted by Gasteiger charge is -2.12. The van der Waals surface area contributed by atoms with Crippen molar-refractivity contribution in [3.8, 4) is 0 Å². The number of rotatable bonds is 5. The van der Waals surface area contributed by atoms with Gasteiger partial charge in [0.2, 0.25) is 0 Å². The van der Waals surface area contributed by atoms with Gasteiger partial charge in [-0.2, -0.15) is 0 Å². The number of nitrogens with one attached hydrogen (secondary N) is 1. The van der Waals surface area contributed by atoms with Gasteiger partial charge in [-0.1, -0.05) is 6.92 Å². The molecule has 0 radical (unpaired) electrons. The molecular weight excluding hydrogens is 184 g/mol. The maximum absolute atomic E-state index is 11.2. The van der Waals surface area contributed by atoms with Gasteiger partial charge in [-0.15, -0.1) is 11.3 Å². The summed E-state index contributed by atoms with van der Waals surface area (Å²) in [7, 11) is 0. The van der Waals surface area contributed by atoms with Crippen molar-refractivity contribution < 1.29 is 4.79 Å². The molecule has 72 valence electrons. The molecule has 0 aliphatic rings. The van der Waals surface area contributed by atoms with Gasteiger partial charge in [0.15, 0.2) is 0 Å². The summed E-state index contributed by atoms with van der Waals surface area (Å²) in [5, 5.41) is 5.11. The first kappa shape index (κ1) is 10.3. The molecule has 0 saturated heterocycles. The van der Waals surface area contributed by atoms with Crippen LogP contribution in [0.3, 0.4) is 0 Å². The van der Waals surface area contributed by atoms with E-state index >= 15 is 0 Å². The fraction of sp³-hybridized carbons (Fsp3) is 0.556. The number of carbonyl (C=O) groups is 1. The predicted molar refractivity (Wildman–Crippen MR) is 54.0 cm³/mol. The van der Waals surface area contributed by atoms with Gasteiger partial charge in [-0.3, -0.25) is 4.79 Å². The molecule has 4 heteroatoms. The molecule has 1 heterocycles. The van der Waals surface area contributed by atoms with Crippen molar-refractivity contribution in [1.82, 2.24) is 10.3 Å². The maximum Gasteiger partial charge on any atom is 0.147 e. The van der Waals surface area contributed by atoms with Gasteiger partial charge in [0, 0.05) is 11.8 Å². The summed E-state index contributed by atoms with van der Waals surface area (Å²) in [4.78, 5) is 15.3. The average molecular weight is 198 g/mol. The number of aromatic nitrogens is 1. The van der Waals surface area contributed by atoms with E-state index in [1.807, 2.05) is 12.3 Å². The van der Waals surface area contributed by atoms with Gasteiger partial charge in [-0.05, 0) is 13.5 Å². The zero-order valence-corrected chi connectivity index (χ0v) is 8.73. The summed E-state index contributed by atoms with van der Waals surface area (Å²) in [6, 6.07) is -0.0768. The van der Waals surface area contributed by atoms with E-state index in [9.17, 15) is 4.79 Å². The van der Waals surface area contributed by atoms with Crippen LogP contribution in [0.15, 0.2) is 10.9 Å². The Morgan fingerprint density at radius 1 is 1.77 bits per heavy atom. The molecular formula is C9H14N2OS. The Morgan fingerprint density at radius 2 is 2.54 bits per heavy atom. The fourth-order valence-electron chi connectivity index (χ4n) is 1.15. The van der Waals surface area contributed by atoms with Crippen LogP contribution in [-0.4, -0.2) is 23.4 Å². The molecule has 1 unspecified atom stereocenters. The zero-order valence-electron chi connectivity index (χ0n) is 7.91. The minimum Gasteiger partial charge on any atom is -0.307 e. The lowest BCUT2D eigenvalue weighted by molar-refractivity contribution is -0.118. The van der Waals surface area contributed by atoms with Gasteiger partial charge in [0.25, 0.3) is 0 Å². The van der Waals surface area contributed by atoms with Crippen molar-refractivity contribution in [2.45, 2.75) is 26.3 Å². The van der Waals surface area contributed by atoms with E-state index in [1.54, 1.807) is 23.8 Å². The van der Waals surface area contributed by atoms with E-state index in [2.05, 4.69) is 10.3 Å². The molecule has 0 saturated carbocycles. The lowest BCUT2D eigenvalue weighted by atomic mass is 10.1. The van der Waals surface area contributed by atoms with E-state index in [-0.39, 0.29) is 11.8 Å². The largest absolute Gasteiger partial charge is 0.307 e. The van der Waals surface area contributed by atoms with Crippen LogP contribution in [0, 0.1) is 0 Å². The number of Topliss-reactive ketones (excluding diaryl/α,β-unsaturated/α-hetero) is 1. The van der Waals surface area contributed by atoms with Gasteiger partial charge in [-0.25, -0.2) is 4.98 Å². The third-order valence-electron chi connectivity index (χ3n) is 1.84. The molecule has 0 amide bonds. The van der Waals surface area contributed by atoms with Gasteiger partial charge in [0.1, 0.15) is 5.78 Å². The molecule has 3 nitrogen and oxygen atoms in total. The number of nitrogens with zero attached hydrogens (tertiary/aromatic N) is 1. The summed E-state index contributed by atoms with van der Waals surface area (Å²) in [5.41, 5.74) is 2.78. The highest BCUT2D eigenvalue weighted by Gasteiger charge is 2.13. The number of likely N-dealkylation sites (N-methyl/N-ethyl adjacent to an activating group) is 1. The minimum absolute atomic E-state index is 0.0768. The van der Waals surface area contributed by atoms with E-state index in [0.717, 1.165) is 12.2 Å². The van der Waals surface area contributed by atoms with Crippen molar-refractivity contribution >= 4 is 17.1 Å². The first-order valence-corrected chi connectivity index (χ1v) is 5.29. The van der Waals surface area contributed by atoms with Crippen molar-refractivity contribution in [2.75, 3.05) is 6.54 Å². The predicted octanol–water partition coefficient (Wildman–Crippen LogP) is 1.25. The van der Waals surface area contributed by atoms with Gasteiger partial charge >= 0.3 is 0 Å². The molecule has 13 heavy (non-hydrogen) atoms. The normalized spacial score (nSPS) is 12.8. The molecule has 1 atom stereocenters. The van der Waals surface area contributed by atoms with Crippen molar-refractivity contribution in [3.63, 3.8) is 0 Å². The molecule has 1 N–H and O–H groups in total. The molecule has 0 aromatic carbocycles. The second kappa shape index (κ2) is 5.09. The average Bonchev–Trinajstić information content (AvgIpc) is 2.56. The summed E-state index contributed by atoms with van der Waals surface area (Å²) >= 11 is 1.56. The highest BCUT2D eigenvalue weighted by Crippen LogP contribution is 2.04. The van der Waals surface area contributed by atoms with E-state index < -0.39 is 0 Å². The summed E-state index contributed by atoms with van der Waals surface area (Å²) in [6.07, 6.45) is 0.701. The first-order valence-electron chi connectivity index (χ1n) is 4.35. The quantitative estimate of drug-likeness (QED) is 0.774. The Labute approximate surface area is 82.2 Å². The molecule has 0 spiro atoms. The summed E-state index contributed by atoms with van der Waals surface area (Å²) in [5.74, 6) is 0.176. The standard InChI is InChI=1S/C9H14N2OS/c1-3-10-9(7(2)12)4-8-5-13-6-11-8/h5-6,9-10H,3-4H2,1-2H3. The Bertz CT molecular complexity index is 259. The van der Waals surface area contributed by atoms with Crippen LogP contribution >= 0.6 is 11.3 Å². The van der Waals surface area contributed by atoms with Crippen molar-refractivity contribution in [3.05, 3.63) is 16.6 Å². The first-order chi connectivity index (χ1) is 6.24. The van der Waals surface area contributed by atoms with Crippen molar-refractivity contribution in [1.29, 1.82) is 0 Å². The van der Waals surface area contributed by atoms with Crippen LogP contribution in [-0.2, 0) is 11.2 Å². The lowest BCUT2D eigenvalue weighted by Crippen LogP contribution is -2.37. The Balaban J connectivity index is 2.52. The van der Waals surface area contributed by atoms with Crippen molar-refractivity contribution in [2.24, 2.45) is 0 Å². The molecule has 1 aromatic rings. The Kier molecular flexibility index (Phi) is 4.05. The number of thiazole rings is 1. The minimum atomic E-state index is -0.0768. The van der Waals surface area contributed by atoms with Crippen LogP contribution in [0.5, 0.6) is 0 Å². The Morgan fingerprint density at radius 3 is 3.00 bits per heavy atom. The second-order valence-corrected chi connectivity index (χ2v) is 3.62. The molecule has 1 rings (SSSR count). The van der Waals surface area contributed by atoms with Gasteiger partial charge in [0.05, 0.1) is 17.2 Å². The summed E-state index contributed by atoms with van der Waals surface area (Å²) < 4.78 is 0. The maximum atomic E-state index is 11.2. The molecule has 0 aliphatic heterocycles. The smallest absolute Gasteiger partial charge is 0.147 e. The second-order valence-electron chi connectivity index (χ2n) is 2.90. The van der Waals surface area contributed by atoms with Crippen LogP contribution in [0.4, 0.5) is 0 Å². The van der Waals surface area contributed by atoms with Crippen LogP contribution in [0.2, 0.25) is 0 Å². The van der Waals surface area contributed by atoms with E-state index in [4.69, 9.17) is 0 Å². The molecule has 0 fully saturated rings. The molecule has 1 aromatic heterocycles. The van der Waals surface area contributed by atoms with E-state index in [1.165, 1.54) is 0 Å². The third kappa shape index (κ3) is 3.24. The van der Waals surface area contributed by atoms with Crippen LogP contribution in [0.1, 0.15) is 19.5 Å². The molecule has 0 bridgehead atoms. The van der Waals surface area contributed by atoms with E-state index in [0.29, 0.717) is 6.42 Å². The van der Waals surface area contributed by atoms with Crippen LogP contribution < -0.4 is 5.32 Å². The highest BCUT2D eigenvalue weighted by molar-refractivity contribution is 7.07. The van der Waals surface area contributed by atoms with Gasteiger partial charge < -0.3 is 5.32 Å². The Hall–Kier alpha value is -0.740. The molecule has 0 aliphatic carbocycles. The monoisotopic (exact) mass is 198 g/mol. The number of hydrogen-bond donors (Lipinski definition) is 1. The fourth-order valence-corrected chi connectivity index (χ4v) is 1.72. The topological polar surface area (TPSA) is 42.0 Å². The number of carbonyl (C=O) groups excluding carboxylic acids is 1. The summed E-state index contributed by atoms with van der Waals surface area (Å²) in [6.45, 7) is 4.42. The third-order valence-corrected chi connectivity index (χ3v) is 2.47. The SMILES string of the molecule is CCNC(Cc1cscn1)C(C)=O. The number of hydrogen-bond acceptors (Lipinski definition) is 4.